The molecule has 0 unspecified atom stereocenters. The highest BCUT2D eigenvalue weighted by molar-refractivity contribution is 7.98. The first-order valence-electron chi connectivity index (χ1n) is 10.9. The summed E-state index contributed by atoms with van der Waals surface area (Å²) in [5, 5.41) is 17.2. The van der Waals surface area contributed by atoms with Gasteiger partial charge in [-0.15, -0.1) is 10.2 Å². The SMILES string of the molecule is Clc1ccc(COc2ccc3ccccc3c2/C=N/n2cnnc2SCc2ccccc2Cl)cc1. The molecule has 174 valence electrons. The van der Waals surface area contributed by atoms with E-state index in [1.807, 2.05) is 72.8 Å². The van der Waals surface area contributed by atoms with E-state index in [0.717, 1.165) is 38.2 Å². The minimum Gasteiger partial charge on any atom is -0.488 e. The number of rotatable bonds is 8. The maximum atomic E-state index is 6.29. The molecule has 0 aliphatic heterocycles. The van der Waals surface area contributed by atoms with Crippen molar-refractivity contribution in [2.24, 2.45) is 5.10 Å². The minimum atomic E-state index is 0.419. The molecule has 4 aromatic carbocycles. The smallest absolute Gasteiger partial charge is 0.212 e. The van der Waals surface area contributed by atoms with Crippen molar-refractivity contribution >= 4 is 52.0 Å². The molecule has 0 fully saturated rings. The molecule has 5 aromatic rings. The van der Waals surface area contributed by atoms with Gasteiger partial charge in [-0.05, 0) is 46.2 Å². The lowest BCUT2D eigenvalue weighted by molar-refractivity contribution is 0.306. The summed E-state index contributed by atoms with van der Waals surface area (Å²) in [4.78, 5) is 0. The molecule has 8 heteroatoms. The van der Waals surface area contributed by atoms with Crippen molar-refractivity contribution in [2.75, 3.05) is 0 Å². The number of fused-ring (bicyclic) bond motifs is 1. The van der Waals surface area contributed by atoms with E-state index in [1.165, 1.54) is 11.8 Å². The van der Waals surface area contributed by atoms with Crippen molar-refractivity contribution in [1.82, 2.24) is 14.9 Å². The third kappa shape index (κ3) is 5.68. The number of benzene rings is 4. The summed E-state index contributed by atoms with van der Waals surface area (Å²) in [5.74, 6) is 1.40. The predicted molar refractivity (Wildman–Crippen MR) is 144 cm³/mol. The van der Waals surface area contributed by atoms with Gasteiger partial charge in [-0.25, -0.2) is 0 Å². The monoisotopic (exact) mass is 518 g/mol. The summed E-state index contributed by atoms with van der Waals surface area (Å²) >= 11 is 13.8. The van der Waals surface area contributed by atoms with Crippen molar-refractivity contribution in [2.45, 2.75) is 17.5 Å². The van der Waals surface area contributed by atoms with Crippen molar-refractivity contribution in [3.63, 3.8) is 0 Å². The summed E-state index contributed by atoms with van der Waals surface area (Å²) in [7, 11) is 0. The van der Waals surface area contributed by atoms with Gasteiger partial charge in [-0.2, -0.15) is 9.78 Å². The molecule has 0 aliphatic rings. The van der Waals surface area contributed by atoms with Gasteiger partial charge in [-0.3, -0.25) is 0 Å². The number of ether oxygens (including phenoxy) is 1. The van der Waals surface area contributed by atoms with Crippen LogP contribution >= 0.6 is 35.0 Å². The predicted octanol–water partition coefficient (Wildman–Crippen LogP) is 7.49. The van der Waals surface area contributed by atoms with E-state index < -0.39 is 0 Å². The van der Waals surface area contributed by atoms with E-state index in [0.29, 0.717) is 22.5 Å². The first-order valence-corrected chi connectivity index (χ1v) is 12.6. The van der Waals surface area contributed by atoms with Crippen LogP contribution in [-0.4, -0.2) is 21.1 Å². The molecule has 1 heterocycles. The van der Waals surface area contributed by atoms with Gasteiger partial charge >= 0.3 is 0 Å². The van der Waals surface area contributed by atoms with Crippen LogP contribution < -0.4 is 4.74 Å². The fourth-order valence-corrected chi connectivity index (χ4v) is 4.82. The van der Waals surface area contributed by atoms with Gasteiger partial charge in [0.1, 0.15) is 18.7 Å². The standard InChI is InChI=1S/C27H20Cl2N4OS/c28-22-12-9-19(10-13-22)16-34-26-14-11-20-5-1-3-7-23(20)24(26)15-31-33-18-30-32-27(33)35-17-21-6-2-4-8-25(21)29/h1-15,18H,16-17H2/b31-15+. The molecule has 0 atom stereocenters. The fraction of sp³-hybridized carbons (Fsp3) is 0.0741. The zero-order chi connectivity index (χ0) is 24.0. The molecule has 0 N–H and O–H groups in total. The van der Waals surface area contributed by atoms with Crippen molar-refractivity contribution in [1.29, 1.82) is 0 Å². The number of hydrogen-bond donors (Lipinski definition) is 0. The van der Waals surface area contributed by atoms with Crippen LogP contribution in [-0.2, 0) is 12.4 Å². The van der Waals surface area contributed by atoms with E-state index in [2.05, 4.69) is 27.4 Å². The van der Waals surface area contributed by atoms with Crippen LogP contribution in [0.4, 0.5) is 0 Å². The van der Waals surface area contributed by atoms with Crippen molar-refractivity contribution in [3.8, 4) is 5.75 Å². The van der Waals surface area contributed by atoms with Gasteiger partial charge in [0.25, 0.3) is 0 Å². The third-order valence-electron chi connectivity index (χ3n) is 5.36. The van der Waals surface area contributed by atoms with Crippen LogP contribution in [0.2, 0.25) is 10.0 Å². The van der Waals surface area contributed by atoms with E-state index in [4.69, 9.17) is 27.9 Å². The second-order valence-corrected chi connectivity index (χ2v) is 9.48. The van der Waals surface area contributed by atoms with E-state index in [9.17, 15) is 0 Å². The van der Waals surface area contributed by atoms with E-state index in [1.54, 1.807) is 17.2 Å². The Bertz CT molecular complexity index is 1480. The molecule has 0 amide bonds. The van der Waals surface area contributed by atoms with E-state index >= 15 is 0 Å². The number of aromatic nitrogens is 3. The van der Waals surface area contributed by atoms with Gasteiger partial charge in [0.05, 0.1) is 6.21 Å². The number of halogens is 2. The summed E-state index contributed by atoms with van der Waals surface area (Å²) in [6, 6.07) is 27.6. The average Bonchev–Trinajstić information content (AvgIpc) is 3.34. The molecule has 5 rings (SSSR count). The highest BCUT2D eigenvalue weighted by atomic mass is 35.5. The number of nitrogens with zero attached hydrogens (tertiary/aromatic N) is 4. The largest absolute Gasteiger partial charge is 0.488 e. The van der Waals surface area contributed by atoms with Crippen molar-refractivity contribution < 1.29 is 4.74 Å². The molecule has 5 nitrogen and oxygen atoms in total. The molecular formula is C27H20Cl2N4OS. The Labute approximate surface area is 217 Å². The summed E-state index contributed by atoms with van der Waals surface area (Å²) in [6.45, 7) is 0.419. The fourth-order valence-electron chi connectivity index (χ4n) is 3.55. The molecule has 0 saturated carbocycles. The van der Waals surface area contributed by atoms with Gasteiger partial charge < -0.3 is 4.74 Å². The van der Waals surface area contributed by atoms with Crippen LogP contribution in [0.15, 0.2) is 102 Å². The Balaban J connectivity index is 1.41. The maximum absolute atomic E-state index is 6.29. The quantitative estimate of drug-likeness (QED) is 0.157. The summed E-state index contributed by atoms with van der Waals surface area (Å²) in [6.07, 6.45) is 3.38. The summed E-state index contributed by atoms with van der Waals surface area (Å²) in [5.41, 5.74) is 2.94. The molecular weight excluding hydrogens is 499 g/mol. The average molecular weight is 519 g/mol. The summed E-state index contributed by atoms with van der Waals surface area (Å²) < 4.78 is 7.85. The Morgan fingerprint density at radius 3 is 2.57 bits per heavy atom. The van der Waals surface area contributed by atoms with Crippen LogP contribution in [0.3, 0.4) is 0 Å². The lowest BCUT2D eigenvalue weighted by Gasteiger charge is -2.12. The molecule has 0 bridgehead atoms. The van der Waals surface area contributed by atoms with Crippen LogP contribution in [0.1, 0.15) is 16.7 Å². The Hall–Kier alpha value is -3.32. The highest BCUT2D eigenvalue weighted by Gasteiger charge is 2.10. The van der Waals surface area contributed by atoms with Crippen LogP contribution in [0.5, 0.6) is 5.75 Å². The zero-order valence-corrected chi connectivity index (χ0v) is 20.8. The third-order valence-corrected chi connectivity index (χ3v) is 6.97. The van der Waals surface area contributed by atoms with Gasteiger partial charge in [-0.1, -0.05) is 95.6 Å². The molecule has 0 aliphatic carbocycles. The molecule has 0 spiro atoms. The molecule has 1 aromatic heterocycles. The highest BCUT2D eigenvalue weighted by Crippen LogP contribution is 2.29. The van der Waals surface area contributed by atoms with E-state index in [-0.39, 0.29) is 0 Å². The second-order valence-electron chi connectivity index (χ2n) is 7.70. The minimum absolute atomic E-state index is 0.419. The number of hydrogen-bond acceptors (Lipinski definition) is 5. The lowest BCUT2D eigenvalue weighted by Crippen LogP contribution is -2.00. The van der Waals surface area contributed by atoms with Crippen LogP contribution in [0.25, 0.3) is 10.8 Å². The second kappa shape index (κ2) is 11.0. The normalized spacial score (nSPS) is 11.4. The Morgan fingerprint density at radius 2 is 1.71 bits per heavy atom. The lowest BCUT2D eigenvalue weighted by atomic mass is 10.0. The molecule has 35 heavy (non-hydrogen) atoms. The maximum Gasteiger partial charge on any atom is 0.212 e. The van der Waals surface area contributed by atoms with Crippen LogP contribution in [0, 0.1) is 0 Å². The van der Waals surface area contributed by atoms with Gasteiger partial charge in [0.2, 0.25) is 5.16 Å². The first-order chi connectivity index (χ1) is 17.2. The molecule has 0 saturated heterocycles. The number of thioether (sulfide) groups is 1. The molecule has 0 radical (unpaired) electrons. The van der Waals surface area contributed by atoms with Gasteiger partial charge in [0.15, 0.2) is 0 Å². The first kappa shape index (κ1) is 23.4. The Morgan fingerprint density at radius 1 is 0.914 bits per heavy atom. The van der Waals surface area contributed by atoms with Gasteiger partial charge in [0, 0.05) is 21.4 Å². The zero-order valence-electron chi connectivity index (χ0n) is 18.5. The van der Waals surface area contributed by atoms with Crippen molar-refractivity contribution in [3.05, 3.63) is 118 Å². The Kier molecular flexibility index (Phi) is 7.33. The topological polar surface area (TPSA) is 52.3 Å².